The van der Waals surface area contributed by atoms with E-state index < -0.39 is 35.0 Å². The molecule has 10 heteroatoms. The third kappa shape index (κ3) is 5.17. The van der Waals surface area contributed by atoms with E-state index in [9.17, 15) is 23.6 Å². The molecule has 2 aliphatic rings. The first-order valence-corrected chi connectivity index (χ1v) is 10.6. The summed E-state index contributed by atoms with van der Waals surface area (Å²) >= 11 is 0. The highest BCUT2D eigenvalue weighted by Gasteiger charge is 2.49. The Bertz CT molecular complexity index is 906. The van der Waals surface area contributed by atoms with Crippen LogP contribution >= 0.6 is 0 Å². The molecular weight excluding hydrogens is 419 g/mol. The number of halogens is 1. The fraction of sp³-hybridized carbons (Fsp3) is 0.545. The van der Waals surface area contributed by atoms with Crippen molar-refractivity contribution in [2.75, 3.05) is 19.6 Å². The topological polar surface area (TPSA) is 108 Å². The van der Waals surface area contributed by atoms with Gasteiger partial charge in [0.2, 0.25) is 5.91 Å². The summed E-state index contributed by atoms with van der Waals surface area (Å²) in [5.74, 6) is -1.37. The first-order chi connectivity index (χ1) is 14.9. The van der Waals surface area contributed by atoms with Crippen molar-refractivity contribution in [1.82, 2.24) is 20.4 Å². The van der Waals surface area contributed by atoms with Gasteiger partial charge < -0.3 is 20.3 Å². The van der Waals surface area contributed by atoms with E-state index in [4.69, 9.17) is 4.74 Å². The molecule has 5 amide bonds. The number of carbonyl (C=O) groups excluding carboxylic acids is 4. The second kappa shape index (κ2) is 8.76. The molecule has 3 rings (SSSR count). The Morgan fingerprint density at radius 1 is 1.19 bits per heavy atom. The van der Waals surface area contributed by atoms with Gasteiger partial charge >= 0.3 is 12.1 Å². The fourth-order valence-electron chi connectivity index (χ4n) is 3.80. The Morgan fingerprint density at radius 2 is 1.78 bits per heavy atom. The number of nitrogens with one attached hydrogen (secondary N) is 2. The van der Waals surface area contributed by atoms with Gasteiger partial charge in [0.25, 0.3) is 5.91 Å². The Kier molecular flexibility index (Phi) is 6.43. The Labute approximate surface area is 186 Å². The Hall–Kier alpha value is -3.17. The summed E-state index contributed by atoms with van der Waals surface area (Å²) < 4.78 is 18.5. The summed E-state index contributed by atoms with van der Waals surface area (Å²) in [7, 11) is 0. The van der Waals surface area contributed by atoms with Crippen molar-refractivity contribution in [2.24, 2.45) is 0 Å². The number of imide groups is 1. The van der Waals surface area contributed by atoms with Gasteiger partial charge in [0.05, 0.1) is 0 Å². The Morgan fingerprint density at radius 3 is 2.34 bits per heavy atom. The number of likely N-dealkylation sites (tertiary alicyclic amines) is 1. The third-order valence-electron chi connectivity index (χ3n) is 5.56. The predicted molar refractivity (Wildman–Crippen MR) is 113 cm³/mol. The fourth-order valence-corrected chi connectivity index (χ4v) is 3.80. The highest BCUT2D eigenvalue weighted by molar-refractivity contribution is 6.09. The lowest BCUT2D eigenvalue weighted by molar-refractivity contribution is -0.139. The number of piperidine rings is 1. The number of hydrogen-bond acceptors (Lipinski definition) is 5. The molecule has 2 aliphatic heterocycles. The predicted octanol–water partition coefficient (Wildman–Crippen LogP) is 2.11. The zero-order valence-corrected chi connectivity index (χ0v) is 18.7. The van der Waals surface area contributed by atoms with Crippen LogP contribution in [0.2, 0.25) is 0 Å². The van der Waals surface area contributed by atoms with Gasteiger partial charge in [-0.1, -0.05) is 12.1 Å². The molecule has 1 aromatic carbocycles. The molecule has 0 spiro atoms. The van der Waals surface area contributed by atoms with Gasteiger partial charge in [-0.05, 0) is 58.2 Å². The van der Waals surface area contributed by atoms with E-state index in [2.05, 4.69) is 10.6 Å². The number of alkyl carbamates (subject to hydrolysis) is 1. The summed E-state index contributed by atoms with van der Waals surface area (Å²) in [6.07, 6.45) is 0.582. The number of benzene rings is 1. The smallest absolute Gasteiger partial charge is 0.407 e. The van der Waals surface area contributed by atoms with Crippen LogP contribution in [0.4, 0.5) is 14.0 Å². The first-order valence-electron chi connectivity index (χ1n) is 10.6. The van der Waals surface area contributed by atoms with Crippen molar-refractivity contribution < 1.29 is 28.3 Å². The van der Waals surface area contributed by atoms with Crippen LogP contribution in [0, 0.1) is 5.82 Å². The van der Waals surface area contributed by atoms with Crippen LogP contribution in [0.1, 0.15) is 46.1 Å². The van der Waals surface area contributed by atoms with Crippen LogP contribution < -0.4 is 10.6 Å². The minimum atomic E-state index is -1.37. The molecule has 2 N–H and O–H groups in total. The summed E-state index contributed by atoms with van der Waals surface area (Å²) in [4.78, 5) is 52.5. The molecular formula is C22H29FN4O5. The van der Waals surface area contributed by atoms with Gasteiger partial charge in [-0.2, -0.15) is 0 Å². The molecule has 0 saturated carbocycles. The number of rotatable bonds is 4. The number of carbonyl (C=O) groups is 4. The van der Waals surface area contributed by atoms with Crippen LogP contribution in [0.3, 0.4) is 0 Å². The van der Waals surface area contributed by atoms with E-state index >= 15 is 0 Å². The maximum atomic E-state index is 13.2. The van der Waals surface area contributed by atoms with Crippen molar-refractivity contribution in [3.8, 4) is 0 Å². The van der Waals surface area contributed by atoms with Gasteiger partial charge in [-0.3, -0.25) is 14.5 Å². The molecule has 0 bridgehead atoms. The van der Waals surface area contributed by atoms with Crippen molar-refractivity contribution in [3.05, 3.63) is 35.6 Å². The second-order valence-electron chi connectivity index (χ2n) is 9.25. The molecule has 2 heterocycles. The lowest BCUT2D eigenvalue weighted by Crippen LogP contribution is -2.50. The lowest BCUT2D eigenvalue weighted by atomic mass is 9.92. The first kappa shape index (κ1) is 23.5. The summed E-state index contributed by atoms with van der Waals surface area (Å²) in [6.45, 7) is 7.26. The number of ether oxygens (including phenoxy) is 1. The summed E-state index contributed by atoms with van der Waals surface area (Å²) in [5.41, 5.74) is -1.53. The van der Waals surface area contributed by atoms with E-state index in [-0.39, 0.29) is 18.5 Å². The average Bonchev–Trinajstić information content (AvgIpc) is 2.91. The van der Waals surface area contributed by atoms with E-state index in [0.717, 1.165) is 4.90 Å². The normalized spacial score (nSPS) is 22.0. The van der Waals surface area contributed by atoms with Crippen LogP contribution in [0.15, 0.2) is 24.3 Å². The van der Waals surface area contributed by atoms with Gasteiger partial charge in [-0.15, -0.1) is 0 Å². The van der Waals surface area contributed by atoms with Gasteiger partial charge in [0.15, 0.2) is 0 Å². The number of urea groups is 1. The molecule has 0 aromatic heterocycles. The molecule has 32 heavy (non-hydrogen) atoms. The number of hydrogen-bond donors (Lipinski definition) is 2. The van der Waals surface area contributed by atoms with Gasteiger partial charge in [-0.25, -0.2) is 14.0 Å². The van der Waals surface area contributed by atoms with Crippen molar-refractivity contribution in [3.63, 3.8) is 0 Å². The molecule has 9 nitrogen and oxygen atoms in total. The second-order valence-corrected chi connectivity index (χ2v) is 9.25. The lowest BCUT2D eigenvalue weighted by Gasteiger charge is -2.33. The van der Waals surface area contributed by atoms with Crippen molar-refractivity contribution >= 4 is 23.9 Å². The molecule has 0 unspecified atom stereocenters. The average molecular weight is 448 g/mol. The number of nitrogens with zero attached hydrogens (tertiary/aromatic N) is 2. The molecule has 0 radical (unpaired) electrons. The maximum Gasteiger partial charge on any atom is 0.407 e. The molecule has 1 aromatic rings. The van der Waals surface area contributed by atoms with Crippen molar-refractivity contribution in [2.45, 2.75) is 57.7 Å². The highest BCUT2D eigenvalue weighted by Crippen LogP contribution is 2.29. The van der Waals surface area contributed by atoms with E-state index in [1.54, 1.807) is 25.7 Å². The Balaban J connectivity index is 1.55. The third-order valence-corrected chi connectivity index (χ3v) is 5.56. The van der Waals surface area contributed by atoms with Crippen molar-refractivity contribution in [1.29, 1.82) is 0 Å². The van der Waals surface area contributed by atoms with Crippen LogP contribution in [-0.2, 0) is 19.9 Å². The molecule has 1 atom stereocenters. The largest absolute Gasteiger partial charge is 0.444 e. The maximum absolute atomic E-state index is 13.2. The van der Waals surface area contributed by atoms with Gasteiger partial charge in [0.1, 0.15) is 23.5 Å². The van der Waals surface area contributed by atoms with E-state index in [1.807, 2.05) is 0 Å². The SMILES string of the molecule is CC(C)(C)OC(=O)NC1CCN(C(=O)CN2C(=O)N[C@](C)(c3ccc(F)cc3)C2=O)CC1. The minimum Gasteiger partial charge on any atom is -0.444 e. The van der Waals surface area contributed by atoms with E-state index in [0.29, 0.717) is 31.5 Å². The standard InChI is InChI=1S/C22H29FN4O5/c1-21(2,3)32-20(31)24-16-9-11-26(12-10-16)17(28)13-27-18(29)22(4,25-19(27)30)14-5-7-15(23)8-6-14/h5-8,16H,9-13H2,1-4H3,(H,24,31)(H,25,30)/t22-/m1/s1. The summed E-state index contributed by atoms with van der Waals surface area (Å²) in [6, 6.07) is 4.50. The van der Waals surface area contributed by atoms with Crippen LogP contribution in [0.5, 0.6) is 0 Å². The van der Waals surface area contributed by atoms with Crippen LogP contribution in [-0.4, -0.2) is 65.0 Å². The molecule has 174 valence electrons. The van der Waals surface area contributed by atoms with Crippen LogP contribution in [0.25, 0.3) is 0 Å². The summed E-state index contributed by atoms with van der Waals surface area (Å²) in [5, 5.41) is 5.40. The zero-order chi connectivity index (χ0) is 23.7. The molecule has 2 saturated heterocycles. The quantitative estimate of drug-likeness (QED) is 0.686. The molecule has 2 fully saturated rings. The zero-order valence-electron chi connectivity index (χ0n) is 18.7. The minimum absolute atomic E-state index is 0.118. The highest BCUT2D eigenvalue weighted by atomic mass is 19.1. The molecule has 0 aliphatic carbocycles. The monoisotopic (exact) mass is 448 g/mol. The number of amides is 5. The van der Waals surface area contributed by atoms with Gasteiger partial charge in [0, 0.05) is 19.1 Å². The van der Waals surface area contributed by atoms with E-state index in [1.165, 1.54) is 31.2 Å².